The molecule has 0 bridgehead atoms. The average molecular weight is 459 g/mol. The fourth-order valence-electron chi connectivity index (χ4n) is 2.78. The van der Waals surface area contributed by atoms with Gasteiger partial charge in [0.15, 0.2) is 18.1 Å². The predicted molar refractivity (Wildman–Crippen MR) is 116 cm³/mol. The van der Waals surface area contributed by atoms with Gasteiger partial charge >= 0.3 is 16.1 Å². The van der Waals surface area contributed by atoms with Crippen molar-refractivity contribution >= 4 is 33.5 Å². The third-order valence-corrected chi connectivity index (χ3v) is 6.05. The van der Waals surface area contributed by atoms with E-state index in [1.807, 2.05) is 0 Å². The summed E-state index contributed by atoms with van der Waals surface area (Å²) in [5, 5.41) is 0.477. The highest BCUT2D eigenvalue weighted by molar-refractivity contribution is 7.87. The molecule has 0 saturated heterocycles. The van der Waals surface area contributed by atoms with Crippen molar-refractivity contribution < 1.29 is 26.9 Å². The average Bonchev–Trinajstić information content (AvgIpc) is 2.74. The molecule has 0 heterocycles. The summed E-state index contributed by atoms with van der Waals surface area (Å²) in [6.45, 7) is 2.90. The Labute approximate surface area is 185 Å². The van der Waals surface area contributed by atoms with Gasteiger partial charge in [-0.2, -0.15) is 8.42 Å². The number of benzene rings is 3. The van der Waals surface area contributed by atoms with E-state index in [4.69, 9.17) is 20.5 Å². The molecule has 31 heavy (non-hydrogen) atoms. The van der Waals surface area contributed by atoms with Crippen molar-refractivity contribution in [2.45, 2.75) is 18.7 Å². The number of hydrogen-bond donors (Lipinski definition) is 0. The molecule has 0 aromatic heterocycles. The van der Waals surface area contributed by atoms with Gasteiger partial charge in [0.05, 0.1) is 0 Å². The maximum Gasteiger partial charge on any atom is 0.342 e. The molecular formula is C23H19ClO6S. The van der Waals surface area contributed by atoms with Crippen molar-refractivity contribution in [3.8, 4) is 5.75 Å². The number of para-hydroxylation sites is 1. The molecule has 0 fully saturated rings. The smallest absolute Gasteiger partial charge is 0.342 e. The zero-order chi connectivity index (χ0) is 22.6. The molecule has 0 N–H and O–H groups in total. The largest absolute Gasteiger partial charge is 0.454 e. The minimum absolute atomic E-state index is 0.00795. The Morgan fingerprint density at radius 3 is 2.32 bits per heavy atom. The van der Waals surface area contributed by atoms with E-state index < -0.39 is 28.5 Å². The molecule has 0 aliphatic carbocycles. The number of aryl methyl sites for hydroxylation is 2. The summed E-state index contributed by atoms with van der Waals surface area (Å²) in [5.74, 6) is -1.49. The SMILES string of the molecule is Cc1ccc(C)c(S(=O)(=O)Oc2ccccc2C(=O)OCC(=O)c2ccc(Cl)cc2)c1. The van der Waals surface area contributed by atoms with Crippen LogP contribution in [0.4, 0.5) is 0 Å². The van der Waals surface area contributed by atoms with Gasteiger partial charge in [-0.25, -0.2) is 4.79 Å². The molecule has 0 aliphatic rings. The van der Waals surface area contributed by atoms with Gasteiger partial charge in [-0.1, -0.05) is 35.9 Å². The predicted octanol–water partition coefficient (Wildman–Crippen LogP) is 4.76. The Morgan fingerprint density at radius 2 is 1.61 bits per heavy atom. The van der Waals surface area contributed by atoms with Gasteiger partial charge in [0.2, 0.25) is 0 Å². The first-order valence-corrected chi connectivity index (χ1v) is 11.0. The lowest BCUT2D eigenvalue weighted by molar-refractivity contribution is 0.0473. The van der Waals surface area contributed by atoms with E-state index in [-0.39, 0.29) is 16.2 Å². The molecule has 0 aliphatic heterocycles. The van der Waals surface area contributed by atoms with Crippen molar-refractivity contribution in [2.24, 2.45) is 0 Å². The van der Waals surface area contributed by atoms with Gasteiger partial charge in [-0.15, -0.1) is 0 Å². The second-order valence-corrected chi connectivity index (χ2v) is 8.76. The molecule has 3 aromatic carbocycles. The summed E-state index contributed by atoms with van der Waals surface area (Å²) in [5.41, 5.74) is 1.49. The topological polar surface area (TPSA) is 86.7 Å². The van der Waals surface area contributed by atoms with Crippen LogP contribution in [0.2, 0.25) is 5.02 Å². The zero-order valence-electron chi connectivity index (χ0n) is 16.8. The highest BCUT2D eigenvalue weighted by atomic mass is 35.5. The normalized spacial score (nSPS) is 11.1. The van der Waals surface area contributed by atoms with Crippen LogP contribution in [0, 0.1) is 13.8 Å². The van der Waals surface area contributed by atoms with Gasteiger partial charge in [0, 0.05) is 10.6 Å². The van der Waals surface area contributed by atoms with Crippen LogP contribution in [-0.2, 0) is 14.9 Å². The number of halogens is 1. The molecule has 0 amide bonds. The van der Waals surface area contributed by atoms with Crippen LogP contribution < -0.4 is 4.18 Å². The Hall–Kier alpha value is -3.16. The molecular weight excluding hydrogens is 440 g/mol. The summed E-state index contributed by atoms with van der Waals surface area (Å²) in [6.07, 6.45) is 0. The first-order valence-electron chi connectivity index (χ1n) is 9.24. The van der Waals surface area contributed by atoms with E-state index in [1.165, 1.54) is 42.5 Å². The lowest BCUT2D eigenvalue weighted by Crippen LogP contribution is -2.17. The van der Waals surface area contributed by atoms with Gasteiger partial charge in [0.1, 0.15) is 10.5 Å². The number of rotatable bonds is 7. The third-order valence-electron chi connectivity index (χ3n) is 4.42. The van der Waals surface area contributed by atoms with Gasteiger partial charge < -0.3 is 8.92 Å². The maximum atomic E-state index is 12.8. The van der Waals surface area contributed by atoms with E-state index in [0.29, 0.717) is 16.1 Å². The monoisotopic (exact) mass is 458 g/mol. The van der Waals surface area contributed by atoms with E-state index >= 15 is 0 Å². The highest BCUT2D eigenvalue weighted by Gasteiger charge is 2.24. The Kier molecular flexibility index (Phi) is 6.77. The Balaban J connectivity index is 1.78. The molecule has 0 unspecified atom stereocenters. The first-order chi connectivity index (χ1) is 14.7. The Bertz CT molecular complexity index is 1230. The van der Waals surface area contributed by atoms with Crippen LogP contribution in [0.1, 0.15) is 31.8 Å². The summed E-state index contributed by atoms with van der Waals surface area (Å²) in [7, 11) is -4.19. The number of carbonyl (C=O) groups excluding carboxylic acids is 2. The number of ether oxygens (including phenoxy) is 1. The molecule has 3 aromatic rings. The van der Waals surface area contributed by atoms with Gasteiger partial charge in [-0.3, -0.25) is 4.79 Å². The zero-order valence-corrected chi connectivity index (χ0v) is 18.4. The van der Waals surface area contributed by atoms with Gasteiger partial charge in [0.25, 0.3) is 0 Å². The number of ketones is 1. The van der Waals surface area contributed by atoms with E-state index in [9.17, 15) is 18.0 Å². The van der Waals surface area contributed by atoms with Crippen molar-refractivity contribution in [1.29, 1.82) is 0 Å². The van der Waals surface area contributed by atoms with E-state index in [1.54, 1.807) is 38.1 Å². The number of Topliss-reactive ketones (excluding diaryl/α,β-unsaturated/α-hetero) is 1. The lowest BCUT2D eigenvalue weighted by Gasteiger charge is -2.13. The first kappa shape index (κ1) is 22.5. The Morgan fingerprint density at radius 1 is 0.935 bits per heavy atom. The van der Waals surface area contributed by atoms with Crippen LogP contribution >= 0.6 is 11.6 Å². The van der Waals surface area contributed by atoms with Crippen molar-refractivity contribution in [3.05, 3.63) is 94.0 Å². The molecule has 8 heteroatoms. The summed E-state index contributed by atoms with van der Waals surface area (Å²) in [6, 6.07) is 16.9. The number of esters is 1. The molecule has 0 spiro atoms. The van der Waals surface area contributed by atoms with Crippen molar-refractivity contribution in [2.75, 3.05) is 6.61 Å². The quantitative estimate of drug-likeness (QED) is 0.288. The summed E-state index contributed by atoms with van der Waals surface area (Å²) in [4.78, 5) is 24.7. The third kappa shape index (κ3) is 5.51. The second-order valence-electron chi connectivity index (χ2n) is 6.81. The van der Waals surface area contributed by atoms with Crippen LogP contribution in [0.25, 0.3) is 0 Å². The fraction of sp³-hybridized carbons (Fsp3) is 0.130. The second kappa shape index (κ2) is 9.32. The van der Waals surface area contributed by atoms with Crippen LogP contribution in [0.15, 0.2) is 71.6 Å². The van der Waals surface area contributed by atoms with Crippen LogP contribution in [-0.4, -0.2) is 26.8 Å². The minimum Gasteiger partial charge on any atom is -0.454 e. The van der Waals surface area contributed by atoms with Crippen molar-refractivity contribution in [1.82, 2.24) is 0 Å². The molecule has 0 saturated carbocycles. The fourth-order valence-corrected chi connectivity index (χ4v) is 4.17. The minimum atomic E-state index is -4.19. The lowest BCUT2D eigenvalue weighted by atomic mass is 10.1. The van der Waals surface area contributed by atoms with Crippen LogP contribution in [0.3, 0.4) is 0 Å². The number of hydrogen-bond acceptors (Lipinski definition) is 6. The summed E-state index contributed by atoms with van der Waals surface area (Å²) >= 11 is 5.80. The van der Waals surface area contributed by atoms with Gasteiger partial charge in [-0.05, 0) is 67.4 Å². The molecule has 0 atom stereocenters. The molecule has 3 rings (SSSR count). The molecule has 6 nitrogen and oxygen atoms in total. The van der Waals surface area contributed by atoms with E-state index in [0.717, 1.165) is 5.56 Å². The van der Waals surface area contributed by atoms with Crippen molar-refractivity contribution in [3.63, 3.8) is 0 Å². The highest BCUT2D eigenvalue weighted by Crippen LogP contribution is 2.26. The summed E-state index contributed by atoms with van der Waals surface area (Å²) < 4.78 is 35.9. The standard InChI is InChI=1S/C23H19ClO6S/c1-15-7-8-16(2)22(13-15)31(27,28)30-21-6-4-3-5-19(21)23(26)29-14-20(25)17-9-11-18(24)12-10-17/h3-13H,14H2,1-2H3. The van der Waals surface area contributed by atoms with E-state index in [2.05, 4.69) is 0 Å². The van der Waals surface area contributed by atoms with Crippen LogP contribution in [0.5, 0.6) is 5.75 Å². The number of carbonyl (C=O) groups is 2. The molecule has 0 radical (unpaired) electrons. The molecule has 160 valence electrons. The maximum absolute atomic E-state index is 12.8.